The number of rotatable bonds is 1. The van der Waals surface area contributed by atoms with Gasteiger partial charge >= 0.3 is 6.85 Å². The lowest BCUT2D eigenvalue weighted by Crippen LogP contribution is -2.65. The van der Waals surface area contributed by atoms with E-state index in [1.165, 1.54) is 0 Å². The summed E-state index contributed by atoms with van der Waals surface area (Å²) in [7, 11) is 3.89. The van der Waals surface area contributed by atoms with Crippen molar-refractivity contribution in [2.24, 2.45) is 7.05 Å². The summed E-state index contributed by atoms with van der Waals surface area (Å²) in [5, 5.41) is 0.846. The van der Waals surface area contributed by atoms with Crippen LogP contribution in [0.2, 0.25) is 0 Å². The highest BCUT2D eigenvalue weighted by Gasteiger charge is 2.40. The molecule has 0 amide bonds. The number of pyridine rings is 1. The lowest BCUT2D eigenvalue weighted by atomic mass is 9.52. The third-order valence-corrected chi connectivity index (χ3v) is 4.50. The minimum atomic E-state index is -2.21. The van der Waals surface area contributed by atoms with Crippen molar-refractivity contribution in [3.05, 3.63) is 59.9 Å². The molecule has 2 aromatic heterocycles. The molecule has 0 saturated heterocycles. The standard InChI is InChI=1S/C19H20BN2O/c1-13-9-10-21(3)17(11-13)20-19-18(14(2)12-22(20)4)15-7-5-6-8-16(15)23-19/h5-12H,1-4H3/q+1/i2D3. The zero-order valence-electron chi connectivity index (χ0n) is 16.5. The molecule has 4 heteroatoms. The molecule has 4 rings (SSSR count). The Bertz CT molecular complexity index is 1040. The molecule has 0 bridgehead atoms. The third-order valence-electron chi connectivity index (χ3n) is 4.50. The van der Waals surface area contributed by atoms with E-state index in [4.69, 9.17) is 8.53 Å². The van der Waals surface area contributed by atoms with E-state index < -0.39 is 6.85 Å². The highest BCUT2D eigenvalue weighted by molar-refractivity contribution is 6.82. The smallest absolute Gasteiger partial charge is 0.443 e. The van der Waals surface area contributed by atoms with Crippen LogP contribution in [0.5, 0.6) is 0 Å². The van der Waals surface area contributed by atoms with Gasteiger partial charge in [0, 0.05) is 27.2 Å². The molecule has 3 heterocycles. The number of nitrogens with zero attached hydrogens (tertiary/aromatic N) is 2. The average molecular weight is 306 g/mol. The molecule has 0 N–H and O–H groups in total. The maximum atomic E-state index is 8.00. The molecule has 0 unspecified atom stereocenters. The molecule has 0 saturated carbocycles. The van der Waals surface area contributed by atoms with Crippen LogP contribution < -0.4 is 15.8 Å². The second-order valence-electron chi connectivity index (χ2n) is 6.19. The van der Waals surface area contributed by atoms with E-state index in [0.29, 0.717) is 22.4 Å². The maximum Gasteiger partial charge on any atom is 0.443 e. The van der Waals surface area contributed by atoms with Crippen molar-refractivity contribution in [3.63, 3.8) is 0 Å². The molecule has 0 fully saturated rings. The Morgan fingerprint density at radius 2 is 2.09 bits per heavy atom. The molecular formula is C19H20BN2O+. The van der Waals surface area contributed by atoms with Crippen LogP contribution in [-0.2, 0) is 7.05 Å². The second-order valence-corrected chi connectivity index (χ2v) is 6.19. The molecule has 1 aromatic carbocycles. The van der Waals surface area contributed by atoms with E-state index in [2.05, 4.69) is 23.6 Å². The van der Waals surface area contributed by atoms with Gasteiger partial charge in [-0.15, -0.1) is 0 Å². The van der Waals surface area contributed by atoms with Gasteiger partial charge in [-0.25, -0.2) is 4.57 Å². The van der Waals surface area contributed by atoms with Gasteiger partial charge in [-0.2, -0.15) is 0 Å². The molecule has 0 aliphatic carbocycles. The van der Waals surface area contributed by atoms with Crippen LogP contribution >= 0.6 is 0 Å². The molecular weight excluding hydrogens is 283 g/mol. The summed E-state index contributed by atoms with van der Waals surface area (Å²) in [6.45, 7) is -0.348. The molecule has 3 aromatic rings. The number of fused-ring (bicyclic) bond motifs is 3. The largest absolute Gasteiger partial charge is 0.467 e. The van der Waals surface area contributed by atoms with Gasteiger partial charge in [0.15, 0.2) is 11.8 Å². The van der Waals surface area contributed by atoms with Crippen LogP contribution in [-0.4, -0.2) is 18.7 Å². The van der Waals surface area contributed by atoms with Gasteiger partial charge in [-0.05, 0) is 44.2 Å². The summed E-state index contributed by atoms with van der Waals surface area (Å²) in [5.74, 6) is 0. The van der Waals surface area contributed by atoms with E-state index in [1.54, 1.807) is 6.20 Å². The fourth-order valence-corrected chi connectivity index (χ4v) is 3.38. The van der Waals surface area contributed by atoms with Crippen molar-refractivity contribution in [1.82, 2.24) is 4.81 Å². The van der Waals surface area contributed by atoms with E-state index in [0.717, 1.165) is 16.5 Å². The first-order chi connectivity index (χ1) is 12.3. The van der Waals surface area contributed by atoms with E-state index in [9.17, 15) is 0 Å². The van der Waals surface area contributed by atoms with Crippen LogP contribution in [0.3, 0.4) is 0 Å². The van der Waals surface area contributed by atoms with Crippen molar-refractivity contribution in [2.45, 2.75) is 13.8 Å². The molecule has 0 radical (unpaired) electrons. The van der Waals surface area contributed by atoms with Gasteiger partial charge in [0.25, 0.3) is 0 Å². The number of hydrogen-bond acceptors (Lipinski definition) is 2. The van der Waals surface area contributed by atoms with Crippen molar-refractivity contribution >= 4 is 34.6 Å². The zero-order chi connectivity index (χ0) is 18.6. The minimum Gasteiger partial charge on any atom is -0.467 e. The monoisotopic (exact) mass is 306 g/mol. The number of furan rings is 1. The van der Waals surface area contributed by atoms with Crippen molar-refractivity contribution < 1.29 is 13.1 Å². The molecule has 114 valence electrons. The molecule has 0 spiro atoms. The third kappa shape index (κ3) is 2.09. The Kier molecular flexibility index (Phi) is 2.42. The number of benzene rings is 1. The van der Waals surface area contributed by atoms with Gasteiger partial charge in [-0.1, -0.05) is 18.2 Å². The fraction of sp³-hybridized carbons (Fsp3) is 0.211. The van der Waals surface area contributed by atoms with Gasteiger partial charge < -0.3 is 9.23 Å². The van der Waals surface area contributed by atoms with Crippen molar-refractivity contribution in [1.29, 1.82) is 0 Å². The van der Waals surface area contributed by atoms with Gasteiger partial charge in [0.2, 0.25) is 0 Å². The normalized spacial score (nSPS) is 16.7. The lowest BCUT2D eigenvalue weighted by Gasteiger charge is -2.26. The van der Waals surface area contributed by atoms with E-state index in [-0.39, 0.29) is 6.85 Å². The highest BCUT2D eigenvalue weighted by Crippen LogP contribution is 2.29. The van der Waals surface area contributed by atoms with E-state index in [1.807, 2.05) is 49.4 Å². The topological polar surface area (TPSA) is 20.3 Å². The molecule has 1 aliphatic heterocycles. The maximum absolute atomic E-state index is 8.00. The average Bonchev–Trinajstić information content (AvgIpc) is 2.95. The number of allylic oxidation sites excluding steroid dienone is 1. The van der Waals surface area contributed by atoms with Crippen LogP contribution in [0.4, 0.5) is 0 Å². The van der Waals surface area contributed by atoms with E-state index >= 15 is 0 Å². The molecule has 1 aliphatic rings. The molecule has 3 nitrogen and oxygen atoms in total. The first kappa shape index (κ1) is 11.1. The van der Waals surface area contributed by atoms with Crippen LogP contribution in [0.15, 0.2) is 53.2 Å². The minimum absolute atomic E-state index is 0.187. The summed E-state index contributed by atoms with van der Waals surface area (Å²) in [4.78, 5) is 1.93. The lowest BCUT2D eigenvalue weighted by molar-refractivity contribution is -0.654. The summed E-state index contributed by atoms with van der Waals surface area (Å²) in [6, 6.07) is 11.8. The Morgan fingerprint density at radius 3 is 2.91 bits per heavy atom. The second kappa shape index (κ2) is 5.02. The Morgan fingerprint density at radius 1 is 1.26 bits per heavy atom. The number of para-hydroxylation sites is 1. The first-order valence-corrected chi connectivity index (χ1v) is 7.69. The quantitative estimate of drug-likeness (QED) is 0.506. The van der Waals surface area contributed by atoms with Crippen LogP contribution in [0.1, 0.15) is 22.1 Å². The summed E-state index contributed by atoms with van der Waals surface area (Å²) < 4.78 is 32.3. The van der Waals surface area contributed by atoms with Crippen molar-refractivity contribution in [2.75, 3.05) is 7.05 Å². The summed E-state index contributed by atoms with van der Waals surface area (Å²) in [6.07, 6.45) is 3.76. The number of hydrogen-bond donors (Lipinski definition) is 0. The predicted molar refractivity (Wildman–Crippen MR) is 95.0 cm³/mol. The first-order valence-electron chi connectivity index (χ1n) is 9.19. The Labute approximate surface area is 141 Å². The SMILES string of the molecule is [2H]C([2H])([2H])C1=CN(C)B(c2cc(C)cc[n+]2C)c2oc3ccccc3c21. The zero-order valence-corrected chi connectivity index (χ0v) is 13.5. The highest BCUT2D eigenvalue weighted by atomic mass is 16.3. The van der Waals surface area contributed by atoms with Crippen LogP contribution in [0.25, 0.3) is 16.5 Å². The summed E-state index contributed by atoms with van der Waals surface area (Å²) >= 11 is 0. The molecule has 23 heavy (non-hydrogen) atoms. The fourth-order valence-electron chi connectivity index (χ4n) is 3.38. The molecule has 0 atom stereocenters. The predicted octanol–water partition coefficient (Wildman–Crippen LogP) is 1.98. The van der Waals surface area contributed by atoms with Crippen molar-refractivity contribution in [3.8, 4) is 0 Å². The Hall–Kier alpha value is -2.49. The van der Waals surface area contributed by atoms with Crippen LogP contribution in [0, 0.1) is 6.92 Å². The van der Waals surface area contributed by atoms with Gasteiger partial charge in [0.1, 0.15) is 18.3 Å². The van der Waals surface area contributed by atoms with Gasteiger partial charge in [0.05, 0.1) is 0 Å². The Balaban J connectivity index is 2.04. The number of aromatic nitrogens is 1. The number of aryl methyl sites for hydroxylation is 2. The van der Waals surface area contributed by atoms with Gasteiger partial charge in [-0.3, -0.25) is 0 Å². The summed E-state index contributed by atoms with van der Waals surface area (Å²) in [5.41, 5.74) is 4.62.